The predicted molar refractivity (Wildman–Crippen MR) is 73.4 cm³/mol. The van der Waals surface area contributed by atoms with Crippen molar-refractivity contribution in [2.45, 2.75) is 13.8 Å². The summed E-state index contributed by atoms with van der Waals surface area (Å²) in [5.41, 5.74) is 9.18. The number of hydrogen-bond donors (Lipinski definition) is 2. The largest absolute Gasteiger partial charge is 0.298 e. The Labute approximate surface area is 107 Å². The van der Waals surface area contributed by atoms with Gasteiger partial charge in [0.1, 0.15) is 0 Å². The monoisotopic (exact) mass is 240 g/mol. The van der Waals surface area contributed by atoms with Crippen molar-refractivity contribution in [2.24, 2.45) is 0 Å². The molecule has 2 N–H and O–H groups in total. The number of nitrogens with one attached hydrogen (secondary N) is 2. The number of hydrogen-bond acceptors (Lipinski definition) is 2. The first kappa shape index (κ1) is 12.2. The highest BCUT2D eigenvalue weighted by atomic mass is 16.2. The maximum absolute atomic E-state index is 12.0. The van der Waals surface area contributed by atoms with E-state index in [0.29, 0.717) is 5.56 Å². The second-order valence-corrected chi connectivity index (χ2v) is 4.26. The Balaban J connectivity index is 2.06. The van der Waals surface area contributed by atoms with Crippen LogP contribution in [0.25, 0.3) is 0 Å². The van der Waals surface area contributed by atoms with Crippen LogP contribution in [0.4, 0.5) is 5.69 Å². The van der Waals surface area contributed by atoms with Crippen LogP contribution in [-0.4, -0.2) is 5.91 Å². The third-order valence-electron chi connectivity index (χ3n) is 2.73. The summed E-state index contributed by atoms with van der Waals surface area (Å²) in [7, 11) is 0. The fraction of sp³-hybridized carbons (Fsp3) is 0.133. The topological polar surface area (TPSA) is 41.1 Å². The Morgan fingerprint density at radius 2 is 1.72 bits per heavy atom. The molecule has 92 valence electrons. The molecule has 0 saturated carbocycles. The molecule has 18 heavy (non-hydrogen) atoms. The van der Waals surface area contributed by atoms with E-state index in [1.165, 1.54) is 0 Å². The molecule has 0 fully saturated rings. The van der Waals surface area contributed by atoms with Gasteiger partial charge in [-0.2, -0.15) is 0 Å². The summed E-state index contributed by atoms with van der Waals surface area (Å²) in [6.45, 7) is 3.90. The van der Waals surface area contributed by atoms with Crippen LogP contribution in [-0.2, 0) is 0 Å². The number of anilines is 1. The molecule has 2 aromatic carbocycles. The summed E-state index contributed by atoms with van der Waals surface area (Å²) in [4.78, 5) is 12.0. The summed E-state index contributed by atoms with van der Waals surface area (Å²) in [5, 5.41) is 0. The van der Waals surface area contributed by atoms with Gasteiger partial charge in [0, 0.05) is 5.56 Å². The van der Waals surface area contributed by atoms with Crippen LogP contribution < -0.4 is 10.9 Å². The number of hydrazine groups is 1. The molecule has 0 unspecified atom stereocenters. The van der Waals surface area contributed by atoms with Gasteiger partial charge in [0.2, 0.25) is 0 Å². The number of para-hydroxylation sites is 1. The van der Waals surface area contributed by atoms with E-state index in [2.05, 4.69) is 10.9 Å². The smallest absolute Gasteiger partial charge is 0.269 e. The minimum atomic E-state index is -0.125. The SMILES string of the molecule is Cc1ccc(C)c(C(=O)NNc2ccccc2)c1. The molecule has 0 aliphatic carbocycles. The molecule has 2 rings (SSSR count). The minimum absolute atomic E-state index is 0.125. The molecule has 0 spiro atoms. The molecule has 0 aliphatic heterocycles. The Kier molecular flexibility index (Phi) is 3.63. The number of carbonyl (C=O) groups excluding carboxylic acids is 1. The van der Waals surface area contributed by atoms with Crippen LogP contribution in [0.1, 0.15) is 21.5 Å². The number of aryl methyl sites for hydroxylation is 2. The summed E-state index contributed by atoms with van der Waals surface area (Å²) in [5.74, 6) is -0.125. The van der Waals surface area contributed by atoms with Gasteiger partial charge in [-0.1, -0.05) is 35.9 Å². The predicted octanol–water partition coefficient (Wildman–Crippen LogP) is 3.06. The van der Waals surface area contributed by atoms with Gasteiger partial charge in [0.15, 0.2) is 0 Å². The molecule has 0 saturated heterocycles. The van der Waals surface area contributed by atoms with Crippen LogP contribution >= 0.6 is 0 Å². The van der Waals surface area contributed by atoms with Crippen LogP contribution in [0.3, 0.4) is 0 Å². The molecule has 2 aromatic rings. The van der Waals surface area contributed by atoms with Gasteiger partial charge in [0.05, 0.1) is 5.69 Å². The normalized spacial score (nSPS) is 9.89. The van der Waals surface area contributed by atoms with Crippen molar-refractivity contribution in [2.75, 3.05) is 5.43 Å². The molecule has 3 nitrogen and oxygen atoms in total. The molecule has 0 atom stereocenters. The molecule has 3 heteroatoms. The number of amides is 1. The van der Waals surface area contributed by atoms with Crippen LogP contribution in [0, 0.1) is 13.8 Å². The van der Waals surface area contributed by atoms with E-state index in [-0.39, 0.29) is 5.91 Å². The second-order valence-electron chi connectivity index (χ2n) is 4.26. The van der Waals surface area contributed by atoms with Gasteiger partial charge in [-0.25, -0.2) is 0 Å². The average molecular weight is 240 g/mol. The van der Waals surface area contributed by atoms with Crippen molar-refractivity contribution in [1.82, 2.24) is 5.43 Å². The lowest BCUT2D eigenvalue weighted by Crippen LogP contribution is -2.29. The van der Waals surface area contributed by atoms with Gasteiger partial charge in [-0.3, -0.25) is 15.6 Å². The lowest BCUT2D eigenvalue weighted by molar-refractivity contribution is 0.0962. The Morgan fingerprint density at radius 3 is 2.44 bits per heavy atom. The lowest BCUT2D eigenvalue weighted by Gasteiger charge is -2.10. The van der Waals surface area contributed by atoms with E-state index in [1.54, 1.807) is 0 Å². The van der Waals surface area contributed by atoms with Gasteiger partial charge in [-0.05, 0) is 37.6 Å². The van der Waals surface area contributed by atoms with E-state index < -0.39 is 0 Å². The van der Waals surface area contributed by atoms with Crippen LogP contribution in [0.5, 0.6) is 0 Å². The van der Waals surface area contributed by atoms with E-state index in [0.717, 1.165) is 16.8 Å². The zero-order valence-electron chi connectivity index (χ0n) is 10.5. The number of carbonyl (C=O) groups is 1. The Morgan fingerprint density at radius 1 is 1.00 bits per heavy atom. The molecule has 1 amide bonds. The highest BCUT2D eigenvalue weighted by Crippen LogP contribution is 2.10. The molecule has 0 radical (unpaired) electrons. The van der Waals surface area contributed by atoms with Crippen molar-refractivity contribution in [1.29, 1.82) is 0 Å². The molecule has 0 bridgehead atoms. The zero-order chi connectivity index (χ0) is 13.0. The van der Waals surface area contributed by atoms with Crippen molar-refractivity contribution in [3.05, 3.63) is 65.2 Å². The quantitative estimate of drug-likeness (QED) is 0.809. The van der Waals surface area contributed by atoms with E-state index in [9.17, 15) is 4.79 Å². The molecular formula is C15H16N2O. The first-order valence-electron chi connectivity index (χ1n) is 5.85. The number of rotatable bonds is 3. The van der Waals surface area contributed by atoms with Gasteiger partial charge >= 0.3 is 0 Å². The Bertz CT molecular complexity index is 550. The fourth-order valence-electron chi connectivity index (χ4n) is 1.70. The molecule has 0 aromatic heterocycles. The van der Waals surface area contributed by atoms with Crippen molar-refractivity contribution >= 4 is 11.6 Å². The average Bonchev–Trinajstić information content (AvgIpc) is 2.40. The first-order chi connectivity index (χ1) is 8.66. The maximum atomic E-state index is 12.0. The van der Waals surface area contributed by atoms with E-state index in [4.69, 9.17) is 0 Å². The number of benzene rings is 2. The van der Waals surface area contributed by atoms with E-state index in [1.807, 2.05) is 62.4 Å². The van der Waals surface area contributed by atoms with Gasteiger partial charge < -0.3 is 0 Å². The summed E-state index contributed by atoms with van der Waals surface area (Å²) < 4.78 is 0. The third kappa shape index (κ3) is 2.88. The van der Waals surface area contributed by atoms with E-state index >= 15 is 0 Å². The molecule has 0 heterocycles. The van der Waals surface area contributed by atoms with Crippen molar-refractivity contribution in [3.8, 4) is 0 Å². The molecule has 0 aliphatic rings. The minimum Gasteiger partial charge on any atom is -0.298 e. The highest BCUT2D eigenvalue weighted by Gasteiger charge is 2.08. The Hall–Kier alpha value is -2.29. The summed E-state index contributed by atoms with van der Waals surface area (Å²) in [6, 6.07) is 15.4. The third-order valence-corrected chi connectivity index (χ3v) is 2.73. The van der Waals surface area contributed by atoms with Crippen LogP contribution in [0.2, 0.25) is 0 Å². The lowest BCUT2D eigenvalue weighted by atomic mass is 10.1. The highest BCUT2D eigenvalue weighted by molar-refractivity contribution is 5.96. The summed E-state index contributed by atoms with van der Waals surface area (Å²) in [6.07, 6.45) is 0. The fourth-order valence-corrected chi connectivity index (χ4v) is 1.70. The van der Waals surface area contributed by atoms with Crippen molar-refractivity contribution < 1.29 is 4.79 Å². The summed E-state index contributed by atoms with van der Waals surface area (Å²) >= 11 is 0. The second kappa shape index (κ2) is 5.36. The standard InChI is InChI=1S/C15H16N2O/c1-11-8-9-12(2)14(10-11)15(18)17-16-13-6-4-3-5-7-13/h3-10,16H,1-2H3,(H,17,18). The van der Waals surface area contributed by atoms with Crippen LogP contribution in [0.15, 0.2) is 48.5 Å². The first-order valence-corrected chi connectivity index (χ1v) is 5.85. The molecular weight excluding hydrogens is 224 g/mol. The van der Waals surface area contributed by atoms with Gasteiger partial charge in [0.25, 0.3) is 5.91 Å². The van der Waals surface area contributed by atoms with Crippen molar-refractivity contribution in [3.63, 3.8) is 0 Å². The maximum Gasteiger partial charge on any atom is 0.269 e. The zero-order valence-corrected chi connectivity index (χ0v) is 10.5. The van der Waals surface area contributed by atoms with Gasteiger partial charge in [-0.15, -0.1) is 0 Å².